The molecule has 0 aliphatic heterocycles. The van der Waals surface area contributed by atoms with Crippen molar-refractivity contribution in [2.45, 2.75) is 6.92 Å². The fraction of sp³-hybridized carbons (Fsp3) is 0.200. The number of nitrogens with one attached hydrogen (secondary N) is 1. The Labute approximate surface area is 87.1 Å². The SMILES string of the molecule is COc1nnc(Nc2ccc(C)cc2)o1. The summed E-state index contributed by atoms with van der Waals surface area (Å²) in [6, 6.07) is 8.18. The van der Waals surface area contributed by atoms with Gasteiger partial charge in [-0.1, -0.05) is 27.9 Å². The molecule has 1 N–H and O–H groups in total. The van der Waals surface area contributed by atoms with Gasteiger partial charge in [-0.2, -0.15) is 0 Å². The quantitative estimate of drug-likeness (QED) is 0.831. The first-order valence-electron chi connectivity index (χ1n) is 4.49. The number of rotatable bonds is 3. The lowest BCUT2D eigenvalue weighted by atomic mass is 10.2. The number of aryl methyl sites for hydroxylation is 1. The van der Waals surface area contributed by atoms with Gasteiger partial charge >= 0.3 is 12.1 Å². The van der Waals surface area contributed by atoms with E-state index in [9.17, 15) is 0 Å². The third-order valence-corrected chi connectivity index (χ3v) is 1.88. The molecule has 0 bridgehead atoms. The van der Waals surface area contributed by atoms with E-state index in [4.69, 9.17) is 9.15 Å². The van der Waals surface area contributed by atoms with Crippen molar-refractivity contribution in [1.29, 1.82) is 0 Å². The average Bonchev–Trinajstić information content (AvgIpc) is 2.69. The largest absolute Gasteiger partial charge is 0.452 e. The topological polar surface area (TPSA) is 60.2 Å². The Morgan fingerprint density at radius 2 is 1.93 bits per heavy atom. The molecule has 2 rings (SSSR count). The van der Waals surface area contributed by atoms with E-state index in [1.165, 1.54) is 12.7 Å². The van der Waals surface area contributed by atoms with Crippen LogP contribution < -0.4 is 10.1 Å². The van der Waals surface area contributed by atoms with Crippen molar-refractivity contribution in [2.75, 3.05) is 12.4 Å². The van der Waals surface area contributed by atoms with E-state index < -0.39 is 0 Å². The zero-order valence-electron chi connectivity index (χ0n) is 8.52. The zero-order chi connectivity index (χ0) is 10.7. The van der Waals surface area contributed by atoms with Crippen molar-refractivity contribution in [3.63, 3.8) is 0 Å². The van der Waals surface area contributed by atoms with Crippen molar-refractivity contribution in [1.82, 2.24) is 10.2 Å². The molecule has 0 amide bonds. The minimum absolute atomic E-state index is 0.143. The van der Waals surface area contributed by atoms with Crippen molar-refractivity contribution in [3.8, 4) is 6.08 Å². The van der Waals surface area contributed by atoms with Crippen molar-refractivity contribution < 1.29 is 9.15 Å². The molecule has 15 heavy (non-hydrogen) atoms. The maximum absolute atomic E-state index is 5.11. The molecule has 0 saturated carbocycles. The van der Waals surface area contributed by atoms with Gasteiger partial charge in [0, 0.05) is 5.69 Å². The van der Waals surface area contributed by atoms with Crippen LogP contribution in [0.4, 0.5) is 11.7 Å². The molecule has 0 atom stereocenters. The molecular weight excluding hydrogens is 194 g/mol. The second-order valence-corrected chi connectivity index (χ2v) is 3.07. The molecule has 5 nitrogen and oxygen atoms in total. The van der Waals surface area contributed by atoms with Crippen molar-refractivity contribution >= 4 is 11.7 Å². The van der Waals surface area contributed by atoms with E-state index in [2.05, 4.69) is 15.5 Å². The normalized spacial score (nSPS) is 10.0. The van der Waals surface area contributed by atoms with Crippen molar-refractivity contribution in [3.05, 3.63) is 29.8 Å². The molecule has 0 saturated heterocycles. The van der Waals surface area contributed by atoms with Crippen molar-refractivity contribution in [2.24, 2.45) is 0 Å². The van der Waals surface area contributed by atoms with Crippen LogP contribution in [0.3, 0.4) is 0 Å². The predicted molar refractivity (Wildman–Crippen MR) is 55.3 cm³/mol. The number of benzene rings is 1. The smallest absolute Gasteiger partial charge is 0.415 e. The van der Waals surface area contributed by atoms with Crippen LogP contribution in [0.2, 0.25) is 0 Å². The fourth-order valence-corrected chi connectivity index (χ4v) is 1.10. The molecule has 0 fully saturated rings. The van der Waals surface area contributed by atoms with Crippen LogP contribution >= 0.6 is 0 Å². The van der Waals surface area contributed by atoms with Crippen LogP contribution in [0.5, 0.6) is 6.08 Å². The molecule has 2 aromatic rings. The number of ether oxygens (including phenoxy) is 1. The Hall–Kier alpha value is -2.04. The summed E-state index contributed by atoms with van der Waals surface area (Å²) in [6.07, 6.45) is 0.143. The van der Waals surface area contributed by atoms with E-state index in [-0.39, 0.29) is 6.08 Å². The second-order valence-electron chi connectivity index (χ2n) is 3.07. The molecule has 0 unspecified atom stereocenters. The third-order valence-electron chi connectivity index (χ3n) is 1.88. The monoisotopic (exact) mass is 205 g/mol. The van der Waals surface area contributed by atoms with Crippen LogP contribution in [0, 0.1) is 6.92 Å². The van der Waals surface area contributed by atoms with E-state index in [0.29, 0.717) is 6.01 Å². The molecule has 1 aromatic carbocycles. The van der Waals surface area contributed by atoms with E-state index >= 15 is 0 Å². The lowest BCUT2D eigenvalue weighted by Gasteiger charge is -2.00. The van der Waals surface area contributed by atoms with Crippen LogP contribution in [0.15, 0.2) is 28.7 Å². The molecule has 5 heteroatoms. The minimum atomic E-state index is 0.143. The summed E-state index contributed by atoms with van der Waals surface area (Å²) in [5.74, 6) is 0. The third kappa shape index (κ3) is 2.25. The number of hydrogen-bond acceptors (Lipinski definition) is 5. The van der Waals surface area contributed by atoms with Gasteiger partial charge in [0.25, 0.3) is 0 Å². The Morgan fingerprint density at radius 1 is 1.20 bits per heavy atom. The minimum Gasteiger partial charge on any atom is -0.452 e. The van der Waals surface area contributed by atoms with Gasteiger partial charge in [0.15, 0.2) is 0 Å². The van der Waals surface area contributed by atoms with Gasteiger partial charge in [-0.15, -0.1) is 0 Å². The van der Waals surface area contributed by atoms with Gasteiger partial charge in [0.1, 0.15) is 0 Å². The Bertz CT molecular complexity index is 436. The summed E-state index contributed by atoms with van der Waals surface area (Å²) in [6.45, 7) is 2.03. The molecule has 0 radical (unpaired) electrons. The molecule has 1 aromatic heterocycles. The standard InChI is InChI=1S/C10H11N3O2/c1-7-3-5-8(6-4-7)11-9-12-13-10(14-2)15-9/h3-6H,1-2H3,(H,11,12). The van der Waals surface area contributed by atoms with Crippen LogP contribution in [-0.4, -0.2) is 17.3 Å². The number of aromatic nitrogens is 2. The second kappa shape index (κ2) is 4.00. The van der Waals surface area contributed by atoms with Gasteiger partial charge < -0.3 is 14.5 Å². The van der Waals surface area contributed by atoms with E-state index in [1.807, 2.05) is 31.2 Å². The van der Waals surface area contributed by atoms with Gasteiger partial charge in [-0.05, 0) is 19.1 Å². The van der Waals surface area contributed by atoms with Gasteiger partial charge in [0.2, 0.25) is 0 Å². The lowest BCUT2D eigenvalue weighted by Crippen LogP contribution is -1.89. The molecule has 1 heterocycles. The highest BCUT2D eigenvalue weighted by atomic mass is 16.6. The summed E-state index contributed by atoms with van der Waals surface area (Å²) >= 11 is 0. The highest BCUT2D eigenvalue weighted by Gasteiger charge is 2.04. The summed E-state index contributed by atoms with van der Waals surface area (Å²) in [4.78, 5) is 0. The van der Waals surface area contributed by atoms with Gasteiger partial charge in [0.05, 0.1) is 7.11 Å². The predicted octanol–water partition coefficient (Wildman–Crippen LogP) is 2.13. The summed E-state index contributed by atoms with van der Waals surface area (Å²) in [5, 5.41) is 10.4. The van der Waals surface area contributed by atoms with E-state index in [1.54, 1.807) is 0 Å². The molecule has 0 aliphatic rings. The van der Waals surface area contributed by atoms with Crippen LogP contribution in [0.25, 0.3) is 0 Å². The number of nitrogens with zero attached hydrogens (tertiary/aromatic N) is 2. The molecule has 0 spiro atoms. The molecule has 0 aliphatic carbocycles. The van der Waals surface area contributed by atoms with Gasteiger partial charge in [-0.3, -0.25) is 0 Å². The van der Waals surface area contributed by atoms with Crippen LogP contribution in [-0.2, 0) is 0 Å². The lowest BCUT2D eigenvalue weighted by molar-refractivity contribution is 0.294. The average molecular weight is 205 g/mol. The molecular formula is C10H11N3O2. The Kier molecular flexibility index (Phi) is 2.53. The zero-order valence-corrected chi connectivity index (χ0v) is 8.52. The first-order valence-corrected chi connectivity index (χ1v) is 4.49. The number of hydrogen-bond donors (Lipinski definition) is 1. The Morgan fingerprint density at radius 3 is 2.53 bits per heavy atom. The Balaban J connectivity index is 2.11. The van der Waals surface area contributed by atoms with Crippen LogP contribution in [0.1, 0.15) is 5.56 Å². The summed E-state index contributed by atoms with van der Waals surface area (Å²) in [7, 11) is 1.48. The summed E-state index contributed by atoms with van der Waals surface area (Å²) in [5.41, 5.74) is 2.09. The fourth-order valence-electron chi connectivity index (χ4n) is 1.10. The number of methoxy groups -OCH3 is 1. The first kappa shape index (κ1) is 9.51. The van der Waals surface area contributed by atoms with Gasteiger partial charge in [-0.25, -0.2) is 0 Å². The maximum atomic E-state index is 5.11. The number of anilines is 2. The highest BCUT2D eigenvalue weighted by molar-refractivity contribution is 5.52. The summed E-state index contributed by atoms with van der Waals surface area (Å²) < 4.78 is 9.88. The highest BCUT2D eigenvalue weighted by Crippen LogP contribution is 2.18. The maximum Gasteiger partial charge on any atom is 0.415 e. The first-order chi connectivity index (χ1) is 7.28. The molecule has 78 valence electrons. The van der Waals surface area contributed by atoms with E-state index in [0.717, 1.165) is 5.69 Å².